The van der Waals surface area contributed by atoms with Gasteiger partial charge in [0.2, 0.25) is 0 Å². The van der Waals surface area contributed by atoms with E-state index in [9.17, 15) is 4.79 Å². The van der Waals surface area contributed by atoms with Gasteiger partial charge in [0.15, 0.2) is 12.1 Å². The Bertz CT molecular complexity index is 442. The van der Waals surface area contributed by atoms with Crippen molar-refractivity contribution in [3.8, 4) is 0 Å². The molecule has 0 saturated carbocycles. The molecule has 0 bridgehead atoms. The average Bonchev–Trinajstić information content (AvgIpc) is 2.79. The molecule has 1 spiro atoms. The molecule has 2 fully saturated rings. The standard InChI is InChI=1S/C13H18O6/c1-12(2)17-8-9(18-12)13(19-11(8)16-4)6-5-7(13)10(14)15-3/h5,8-9,11H,6H2,1-4H3/t8?,9-,11-,13-/m1/s1. The predicted molar refractivity (Wildman–Crippen MR) is 63.2 cm³/mol. The van der Waals surface area contributed by atoms with Crippen molar-refractivity contribution >= 4 is 5.97 Å². The second-order valence-corrected chi connectivity index (χ2v) is 5.45. The highest BCUT2D eigenvalue weighted by Gasteiger charge is 2.67. The van der Waals surface area contributed by atoms with Gasteiger partial charge in [0, 0.05) is 13.5 Å². The molecule has 4 atom stereocenters. The van der Waals surface area contributed by atoms with E-state index < -0.39 is 23.6 Å². The minimum absolute atomic E-state index is 0.339. The van der Waals surface area contributed by atoms with Crippen molar-refractivity contribution in [2.75, 3.05) is 14.2 Å². The van der Waals surface area contributed by atoms with Crippen LogP contribution in [-0.2, 0) is 28.5 Å². The highest BCUT2D eigenvalue weighted by molar-refractivity contribution is 5.93. The highest BCUT2D eigenvalue weighted by Crippen LogP contribution is 2.53. The number of ether oxygens (including phenoxy) is 5. The summed E-state index contributed by atoms with van der Waals surface area (Å²) in [7, 11) is 2.90. The molecule has 0 amide bonds. The van der Waals surface area contributed by atoms with Crippen LogP contribution in [0.3, 0.4) is 0 Å². The van der Waals surface area contributed by atoms with Crippen molar-refractivity contribution in [2.24, 2.45) is 0 Å². The van der Waals surface area contributed by atoms with E-state index in [1.165, 1.54) is 7.11 Å². The molecular formula is C13H18O6. The minimum Gasteiger partial charge on any atom is -0.466 e. The molecule has 6 nitrogen and oxygen atoms in total. The number of methoxy groups -OCH3 is 2. The third-order valence-electron chi connectivity index (χ3n) is 3.89. The minimum atomic E-state index is -0.799. The van der Waals surface area contributed by atoms with E-state index in [1.807, 2.05) is 13.8 Å². The summed E-state index contributed by atoms with van der Waals surface area (Å²) in [5, 5.41) is 0. The molecule has 1 unspecified atom stereocenters. The number of carbonyl (C=O) groups excluding carboxylic acids is 1. The van der Waals surface area contributed by atoms with Crippen molar-refractivity contribution in [1.29, 1.82) is 0 Å². The Balaban J connectivity index is 1.92. The largest absolute Gasteiger partial charge is 0.466 e. The van der Waals surface area contributed by atoms with Crippen LogP contribution in [0.2, 0.25) is 0 Å². The molecule has 0 radical (unpaired) electrons. The van der Waals surface area contributed by atoms with Gasteiger partial charge in [-0.2, -0.15) is 0 Å². The van der Waals surface area contributed by atoms with Crippen LogP contribution in [-0.4, -0.2) is 50.1 Å². The molecule has 2 aliphatic heterocycles. The van der Waals surface area contributed by atoms with Gasteiger partial charge in [-0.3, -0.25) is 0 Å². The fraction of sp³-hybridized carbons (Fsp3) is 0.769. The SMILES string of the molecule is COC(=O)C1=CC[C@@]12O[C@@H](OC)C1OC(C)(C)O[C@H]12. The number of rotatable bonds is 2. The zero-order valence-corrected chi connectivity index (χ0v) is 11.5. The second-order valence-electron chi connectivity index (χ2n) is 5.45. The van der Waals surface area contributed by atoms with Gasteiger partial charge in [-0.05, 0) is 13.8 Å². The van der Waals surface area contributed by atoms with E-state index >= 15 is 0 Å². The first-order valence-corrected chi connectivity index (χ1v) is 6.29. The fourth-order valence-electron chi connectivity index (χ4n) is 3.02. The zero-order valence-electron chi connectivity index (χ0n) is 11.5. The molecule has 0 N–H and O–H groups in total. The number of carbonyl (C=O) groups is 1. The van der Waals surface area contributed by atoms with Gasteiger partial charge < -0.3 is 23.7 Å². The smallest absolute Gasteiger partial charge is 0.336 e. The molecule has 3 rings (SSSR count). The lowest BCUT2D eigenvalue weighted by Crippen LogP contribution is -2.51. The zero-order chi connectivity index (χ0) is 13.8. The summed E-state index contributed by atoms with van der Waals surface area (Å²) in [5.74, 6) is -1.10. The summed E-state index contributed by atoms with van der Waals surface area (Å²) in [4.78, 5) is 11.8. The molecule has 19 heavy (non-hydrogen) atoms. The molecule has 0 aromatic rings. The first-order valence-electron chi connectivity index (χ1n) is 6.29. The monoisotopic (exact) mass is 270 g/mol. The third-order valence-corrected chi connectivity index (χ3v) is 3.89. The molecule has 2 saturated heterocycles. The molecule has 6 heteroatoms. The molecule has 1 aliphatic carbocycles. The van der Waals surface area contributed by atoms with Crippen LogP contribution < -0.4 is 0 Å². The number of esters is 1. The normalized spacial score (nSPS) is 42.7. The summed E-state index contributed by atoms with van der Waals surface area (Å²) in [6.45, 7) is 3.68. The Morgan fingerprint density at radius 2 is 2.05 bits per heavy atom. The van der Waals surface area contributed by atoms with Gasteiger partial charge >= 0.3 is 5.97 Å². The van der Waals surface area contributed by atoms with Crippen molar-refractivity contribution < 1.29 is 28.5 Å². The molecule has 0 aromatic heterocycles. The van der Waals surface area contributed by atoms with Crippen LogP contribution in [0.5, 0.6) is 0 Å². The molecule has 3 aliphatic rings. The fourth-order valence-corrected chi connectivity index (χ4v) is 3.02. The van der Waals surface area contributed by atoms with Crippen LogP contribution >= 0.6 is 0 Å². The first kappa shape index (κ1) is 13.1. The Morgan fingerprint density at radius 1 is 1.32 bits per heavy atom. The number of hydrogen-bond donors (Lipinski definition) is 0. The molecule has 106 valence electrons. The summed E-state index contributed by atoms with van der Waals surface area (Å²) in [6, 6.07) is 0. The lowest BCUT2D eigenvalue weighted by Gasteiger charge is -2.40. The van der Waals surface area contributed by atoms with Crippen LogP contribution in [0.1, 0.15) is 20.3 Å². The Labute approximate surface area is 111 Å². The van der Waals surface area contributed by atoms with Gasteiger partial charge in [-0.15, -0.1) is 0 Å². The maximum absolute atomic E-state index is 11.8. The number of fused-ring (bicyclic) bond motifs is 2. The average molecular weight is 270 g/mol. The van der Waals surface area contributed by atoms with Crippen molar-refractivity contribution in [3.63, 3.8) is 0 Å². The summed E-state index contributed by atoms with van der Waals surface area (Å²) in [5.41, 5.74) is -0.308. The molecular weight excluding hydrogens is 252 g/mol. The second kappa shape index (κ2) is 4.02. The van der Waals surface area contributed by atoms with Gasteiger partial charge in [-0.1, -0.05) is 6.08 Å². The number of hydrogen-bond acceptors (Lipinski definition) is 6. The molecule has 2 heterocycles. The van der Waals surface area contributed by atoms with E-state index in [0.717, 1.165) is 0 Å². The van der Waals surface area contributed by atoms with E-state index in [1.54, 1.807) is 13.2 Å². The van der Waals surface area contributed by atoms with Crippen molar-refractivity contribution in [3.05, 3.63) is 11.6 Å². The molecule has 0 aromatic carbocycles. The summed E-state index contributed by atoms with van der Waals surface area (Å²) < 4.78 is 27.7. The lowest BCUT2D eigenvalue weighted by molar-refractivity contribution is -0.246. The van der Waals surface area contributed by atoms with Crippen molar-refractivity contribution in [2.45, 2.75) is 50.2 Å². The van der Waals surface area contributed by atoms with Gasteiger partial charge in [0.1, 0.15) is 17.8 Å². The van der Waals surface area contributed by atoms with Crippen molar-refractivity contribution in [1.82, 2.24) is 0 Å². The topological polar surface area (TPSA) is 63.2 Å². The summed E-state index contributed by atoms with van der Waals surface area (Å²) in [6.07, 6.45) is 1.16. The van der Waals surface area contributed by atoms with Gasteiger partial charge in [0.05, 0.1) is 12.7 Å². The Kier molecular flexibility index (Phi) is 2.76. The Hall–Kier alpha value is -0.950. The Morgan fingerprint density at radius 3 is 2.58 bits per heavy atom. The predicted octanol–water partition coefficient (Wildman–Crippen LogP) is 0.751. The lowest BCUT2D eigenvalue weighted by atomic mass is 9.75. The quantitative estimate of drug-likeness (QED) is 0.690. The maximum atomic E-state index is 11.8. The third kappa shape index (κ3) is 1.67. The van der Waals surface area contributed by atoms with Crippen LogP contribution in [0.25, 0.3) is 0 Å². The van der Waals surface area contributed by atoms with E-state index in [2.05, 4.69) is 0 Å². The van der Waals surface area contributed by atoms with E-state index in [0.29, 0.717) is 12.0 Å². The maximum Gasteiger partial charge on any atom is 0.336 e. The first-order chi connectivity index (χ1) is 8.93. The van der Waals surface area contributed by atoms with Gasteiger partial charge in [0.25, 0.3) is 0 Å². The van der Waals surface area contributed by atoms with Crippen LogP contribution in [0.15, 0.2) is 11.6 Å². The highest BCUT2D eigenvalue weighted by atomic mass is 16.8. The van der Waals surface area contributed by atoms with E-state index in [4.69, 9.17) is 23.7 Å². The van der Waals surface area contributed by atoms with E-state index in [-0.39, 0.29) is 12.2 Å². The van der Waals surface area contributed by atoms with Gasteiger partial charge in [-0.25, -0.2) is 4.79 Å². The summed E-state index contributed by atoms with van der Waals surface area (Å²) >= 11 is 0. The van der Waals surface area contributed by atoms with Crippen LogP contribution in [0.4, 0.5) is 0 Å². The van der Waals surface area contributed by atoms with Crippen LogP contribution in [0, 0.1) is 0 Å².